The highest BCUT2D eigenvalue weighted by Gasteiger charge is 2.42. The van der Waals surface area contributed by atoms with Crippen molar-refractivity contribution in [3.63, 3.8) is 0 Å². The molecule has 0 fully saturated rings. The first-order chi connectivity index (χ1) is 15.4. The Morgan fingerprint density at radius 1 is 1.19 bits per heavy atom. The second kappa shape index (κ2) is 9.18. The number of nitrogens with zero attached hydrogens (tertiary/aromatic N) is 2. The molecule has 166 valence electrons. The van der Waals surface area contributed by atoms with E-state index in [4.69, 9.17) is 20.8 Å². The van der Waals surface area contributed by atoms with Crippen molar-refractivity contribution in [2.24, 2.45) is 0 Å². The molecular weight excluding hydrogens is 428 g/mol. The molecular formula is C25H25ClN2O4. The van der Waals surface area contributed by atoms with Crippen LogP contribution in [-0.4, -0.2) is 49.5 Å². The molecule has 2 heterocycles. The third-order valence-corrected chi connectivity index (χ3v) is 5.73. The molecule has 2 aromatic carbocycles. The number of hydrogen-bond donors (Lipinski definition) is 0. The van der Waals surface area contributed by atoms with E-state index in [1.165, 1.54) is 0 Å². The summed E-state index contributed by atoms with van der Waals surface area (Å²) in [7, 11) is 3.98. The van der Waals surface area contributed by atoms with Crippen molar-refractivity contribution >= 4 is 28.5 Å². The average molecular weight is 453 g/mol. The first kappa shape index (κ1) is 22.1. The summed E-state index contributed by atoms with van der Waals surface area (Å²) in [5, 5.41) is 0.812. The van der Waals surface area contributed by atoms with Gasteiger partial charge in [0.15, 0.2) is 5.43 Å². The topological polar surface area (TPSA) is 63.0 Å². The minimum absolute atomic E-state index is 0.103. The van der Waals surface area contributed by atoms with E-state index in [0.29, 0.717) is 40.5 Å². The van der Waals surface area contributed by atoms with Gasteiger partial charge in [0.2, 0.25) is 5.76 Å². The maximum Gasteiger partial charge on any atom is 0.290 e. The zero-order chi connectivity index (χ0) is 22.8. The summed E-state index contributed by atoms with van der Waals surface area (Å²) in [5.41, 5.74) is 1.30. The standard InChI is InChI=1S/C25H25ClN2O4/c1-4-14-31-18-9-6-16(7-10-18)22-21-23(29)19-15-17(26)8-11-20(19)32-24(21)25(30)28(22)13-5-12-27(2)3/h4,6-11,15,22H,1,5,12-14H2,2-3H3/t22-/m1/s1. The van der Waals surface area contributed by atoms with Crippen LogP contribution in [0.25, 0.3) is 11.0 Å². The number of hydrogen-bond acceptors (Lipinski definition) is 5. The van der Waals surface area contributed by atoms with Gasteiger partial charge >= 0.3 is 0 Å². The Kier molecular flexibility index (Phi) is 6.35. The van der Waals surface area contributed by atoms with E-state index in [1.807, 2.05) is 38.4 Å². The molecule has 32 heavy (non-hydrogen) atoms. The molecule has 0 N–H and O–H groups in total. The average Bonchev–Trinajstić information content (AvgIpc) is 3.05. The van der Waals surface area contributed by atoms with Gasteiger partial charge in [-0.25, -0.2) is 0 Å². The van der Waals surface area contributed by atoms with Crippen molar-refractivity contribution in [1.82, 2.24) is 9.80 Å². The lowest BCUT2D eigenvalue weighted by molar-refractivity contribution is 0.0722. The van der Waals surface area contributed by atoms with Crippen LogP contribution in [0.4, 0.5) is 0 Å². The van der Waals surface area contributed by atoms with Gasteiger partial charge in [0.1, 0.15) is 17.9 Å². The quantitative estimate of drug-likeness (QED) is 0.470. The van der Waals surface area contributed by atoms with Crippen molar-refractivity contribution in [3.05, 3.63) is 87.3 Å². The molecule has 4 rings (SSSR count). The predicted octanol–water partition coefficient (Wildman–Crippen LogP) is 4.51. The van der Waals surface area contributed by atoms with E-state index in [2.05, 4.69) is 11.5 Å². The van der Waals surface area contributed by atoms with Gasteiger partial charge in [-0.15, -0.1) is 0 Å². The molecule has 3 aromatic rings. The second-order valence-electron chi connectivity index (χ2n) is 8.04. The molecule has 6 nitrogen and oxygen atoms in total. The number of carbonyl (C=O) groups excluding carboxylic acids is 1. The summed E-state index contributed by atoms with van der Waals surface area (Å²) in [6.07, 6.45) is 2.44. The van der Waals surface area contributed by atoms with Crippen LogP contribution in [0.15, 0.2) is 64.3 Å². The van der Waals surface area contributed by atoms with Gasteiger partial charge < -0.3 is 19.0 Å². The van der Waals surface area contributed by atoms with Gasteiger partial charge in [0, 0.05) is 11.6 Å². The van der Waals surface area contributed by atoms with Crippen LogP contribution in [0.3, 0.4) is 0 Å². The molecule has 1 aromatic heterocycles. The summed E-state index contributed by atoms with van der Waals surface area (Å²) in [4.78, 5) is 30.6. The Morgan fingerprint density at radius 3 is 2.62 bits per heavy atom. The van der Waals surface area contributed by atoms with Gasteiger partial charge in [-0.3, -0.25) is 9.59 Å². The highest BCUT2D eigenvalue weighted by atomic mass is 35.5. The lowest BCUT2D eigenvalue weighted by atomic mass is 9.98. The van der Waals surface area contributed by atoms with Crippen LogP contribution in [0.5, 0.6) is 5.75 Å². The van der Waals surface area contributed by atoms with Crippen LogP contribution in [0.1, 0.15) is 34.1 Å². The van der Waals surface area contributed by atoms with Gasteiger partial charge in [0.25, 0.3) is 5.91 Å². The number of rotatable bonds is 8. The van der Waals surface area contributed by atoms with E-state index in [1.54, 1.807) is 29.2 Å². The molecule has 1 atom stereocenters. The third-order valence-electron chi connectivity index (χ3n) is 5.50. The number of benzene rings is 2. The highest BCUT2D eigenvalue weighted by Crippen LogP contribution is 2.38. The molecule has 1 aliphatic heterocycles. The van der Waals surface area contributed by atoms with Crippen molar-refractivity contribution in [3.8, 4) is 5.75 Å². The van der Waals surface area contributed by atoms with Crippen LogP contribution >= 0.6 is 11.6 Å². The number of carbonyl (C=O) groups is 1. The number of halogens is 1. The Hall–Kier alpha value is -3.09. The minimum Gasteiger partial charge on any atom is -0.490 e. The van der Waals surface area contributed by atoms with Crippen LogP contribution < -0.4 is 10.2 Å². The third kappa shape index (κ3) is 4.16. The lowest BCUT2D eigenvalue weighted by Crippen LogP contribution is -2.32. The summed E-state index contributed by atoms with van der Waals surface area (Å²) in [6, 6.07) is 11.8. The zero-order valence-corrected chi connectivity index (χ0v) is 18.9. The van der Waals surface area contributed by atoms with Crippen molar-refractivity contribution in [2.75, 3.05) is 33.8 Å². The molecule has 0 saturated carbocycles. The summed E-state index contributed by atoms with van der Waals surface area (Å²) >= 11 is 6.13. The van der Waals surface area contributed by atoms with Crippen molar-refractivity contribution in [1.29, 1.82) is 0 Å². The van der Waals surface area contributed by atoms with E-state index in [9.17, 15) is 9.59 Å². The Morgan fingerprint density at radius 2 is 1.94 bits per heavy atom. The molecule has 0 bridgehead atoms. The summed E-state index contributed by atoms with van der Waals surface area (Å²) in [6.45, 7) is 5.37. The molecule has 0 spiro atoms. The fourth-order valence-corrected chi connectivity index (χ4v) is 4.20. The highest BCUT2D eigenvalue weighted by molar-refractivity contribution is 6.31. The summed E-state index contributed by atoms with van der Waals surface area (Å²) < 4.78 is 11.5. The molecule has 1 aliphatic rings. The van der Waals surface area contributed by atoms with Crippen LogP contribution in [0, 0.1) is 0 Å². The molecule has 7 heteroatoms. The first-order valence-corrected chi connectivity index (χ1v) is 10.8. The van der Waals surface area contributed by atoms with Crippen molar-refractivity contribution in [2.45, 2.75) is 12.5 Å². The van der Waals surface area contributed by atoms with Gasteiger partial charge in [-0.05, 0) is 63.0 Å². The normalized spacial score (nSPS) is 15.4. The SMILES string of the molecule is C=CCOc1ccc([C@@H]2c3c(oc4ccc(Cl)cc4c3=O)C(=O)N2CCCN(C)C)cc1. The predicted molar refractivity (Wildman–Crippen MR) is 126 cm³/mol. The van der Waals surface area contributed by atoms with E-state index in [-0.39, 0.29) is 17.1 Å². The smallest absolute Gasteiger partial charge is 0.290 e. The zero-order valence-electron chi connectivity index (χ0n) is 18.1. The maximum absolute atomic E-state index is 13.5. The first-order valence-electron chi connectivity index (χ1n) is 10.5. The van der Waals surface area contributed by atoms with Crippen molar-refractivity contribution < 1.29 is 13.9 Å². The molecule has 0 unspecified atom stereocenters. The van der Waals surface area contributed by atoms with Gasteiger partial charge in [0.05, 0.1) is 17.0 Å². The van der Waals surface area contributed by atoms with Gasteiger partial charge in [-0.1, -0.05) is 36.4 Å². The number of fused-ring (bicyclic) bond motifs is 2. The molecule has 1 amide bonds. The van der Waals surface area contributed by atoms with Crippen LogP contribution in [-0.2, 0) is 0 Å². The largest absolute Gasteiger partial charge is 0.490 e. The fourth-order valence-electron chi connectivity index (χ4n) is 4.03. The molecule has 0 radical (unpaired) electrons. The van der Waals surface area contributed by atoms with Crippen LogP contribution in [0.2, 0.25) is 5.02 Å². The Labute approximate surface area is 191 Å². The van der Waals surface area contributed by atoms with E-state index < -0.39 is 6.04 Å². The molecule has 0 aliphatic carbocycles. The number of amides is 1. The minimum atomic E-state index is -0.534. The van der Waals surface area contributed by atoms with E-state index >= 15 is 0 Å². The molecule has 0 saturated heterocycles. The Balaban J connectivity index is 1.81. The van der Waals surface area contributed by atoms with Gasteiger partial charge in [-0.2, -0.15) is 0 Å². The fraction of sp³-hybridized carbons (Fsp3) is 0.280. The monoisotopic (exact) mass is 452 g/mol. The Bertz CT molecular complexity index is 1220. The second-order valence-corrected chi connectivity index (χ2v) is 8.48. The van der Waals surface area contributed by atoms with E-state index in [0.717, 1.165) is 18.5 Å². The lowest BCUT2D eigenvalue weighted by Gasteiger charge is -2.26. The summed E-state index contributed by atoms with van der Waals surface area (Å²) in [5.74, 6) is 0.519. The number of ether oxygens (including phenoxy) is 1. The maximum atomic E-state index is 13.5.